The molecule has 0 spiro atoms. The molecule has 0 aliphatic carbocycles. The van der Waals surface area contributed by atoms with E-state index in [1.807, 2.05) is 32.9 Å². The topological polar surface area (TPSA) is 48.1 Å². The third-order valence-electron chi connectivity index (χ3n) is 3.03. The van der Waals surface area contributed by atoms with Crippen molar-refractivity contribution < 1.29 is 4.74 Å². The third kappa shape index (κ3) is 3.19. The van der Waals surface area contributed by atoms with Gasteiger partial charge in [-0.2, -0.15) is 0 Å². The van der Waals surface area contributed by atoms with Crippen LogP contribution in [0.2, 0.25) is 0 Å². The molecule has 0 bridgehead atoms. The molecule has 0 amide bonds. The van der Waals surface area contributed by atoms with Crippen molar-refractivity contribution in [2.75, 3.05) is 6.61 Å². The number of thiazole rings is 1. The van der Waals surface area contributed by atoms with Gasteiger partial charge in [-0.1, -0.05) is 6.92 Å². The van der Waals surface area contributed by atoms with Crippen LogP contribution in [0.3, 0.4) is 0 Å². The average Bonchev–Trinajstić information content (AvgIpc) is 2.84. The van der Waals surface area contributed by atoms with Gasteiger partial charge in [0, 0.05) is 16.0 Å². The quantitative estimate of drug-likeness (QED) is 0.906. The highest BCUT2D eigenvalue weighted by molar-refractivity contribution is 7.15. The lowest BCUT2D eigenvalue weighted by molar-refractivity contribution is 0.340. The van der Waals surface area contributed by atoms with Gasteiger partial charge in [-0.05, 0) is 51.5 Å². The van der Waals surface area contributed by atoms with Crippen LogP contribution < -0.4 is 10.5 Å². The smallest absolute Gasteiger partial charge is 0.123 e. The Balaban J connectivity index is 2.35. The Morgan fingerprint density at radius 3 is 2.30 bits per heavy atom. The SMILES string of the molecule is CCOc1ccc(-c2nc(CC)c(C(C)(C)N)s2)cc1. The summed E-state index contributed by atoms with van der Waals surface area (Å²) in [6, 6.07) is 8.07. The average molecular weight is 290 g/mol. The van der Waals surface area contributed by atoms with Gasteiger partial charge in [0.05, 0.1) is 12.3 Å². The molecule has 2 aromatic rings. The van der Waals surface area contributed by atoms with E-state index in [1.54, 1.807) is 11.3 Å². The maximum Gasteiger partial charge on any atom is 0.123 e. The zero-order chi connectivity index (χ0) is 14.8. The first-order chi connectivity index (χ1) is 9.45. The molecule has 0 unspecified atom stereocenters. The van der Waals surface area contributed by atoms with E-state index in [0.29, 0.717) is 6.61 Å². The Morgan fingerprint density at radius 2 is 1.85 bits per heavy atom. The fraction of sp³-hybridized carbons (Fsp3) is 0.438. The third-order valence-corrected chi connectivity index (χ3v) is 4.52. The van der Waals surface area contributed by atoms with Crippen molar-refractivity contribution >= 4 is 11.3 Å². The molecule has 0 atom stereocenters. The van der Waals surface area contributed by atoms with Gasteiger partial charge in [-0.25, -0.2) is 4.98 Å². The molecular formula is C16H22N2OS. The summed E-state index contributed by atoms with van der Waals surface area (Å²) >= 11 is 1.69. The molecule has 20 heavy (non-hydrogen) atoms. The van der Waals surface area contributed by atoms with Crippen molar-refractivity contribution in [3.05, 3.63) is 34.8 Å². The van der Waals surface area contributed by atoms with Crippen LogP contribution in [0.25, 0.3) is 10.6 Å². The number of ether oxygens (including phenoxy) is 1. The number of benzene rings is 1. The Labute approximate surface area is 124 Å². The molecule has 2 N–H and O–H groups in total. The summed E-state index contributed by atoms with van der Waals surface area (Å²) < 4.78 is 5.46. The van der Waals surface area contributed by atoms with Gasteiger partial charge < -0.3 is 10.5 Å². The number of hydrogen-bond acceptors (Lipinski definition) is 4. The number of nitrogens with two attached hydrogens (primary N) is 1. The van der Waals surface area contributed by atoms with Gasteiger partial charge in [0.25, 0.3) is 0 Å². The molecule has 0 aliphatic heterocycles. The molecular weight excluding hydrogens is 268 g/mol. The Hall–Kier alpha value is -1.39. The van der Waals surface area contributed by atoms with Gasteiger partial charge in [-0.3, -0.25) is 0 Å². The Morgan fingerprint density at radius 1 is 1.20 bits per heavy atom. The summed E-state index contributed by atoms with van der Waals surface area (Å²) in [5, 5.41) is 1.03. The maximum atomic E-state index is 6.24. The van der Waals surface area contributed by atoms with Crippen molar-refractivity contribution in [1.29, 1.82) is 0 Å². The second-order valence-electron chi connectivity index (χ2n) is 5.33. The molecule has 0 saturated heterocycles. The molecule has 2 rings (SSSR count). The minimum absolute atomic E-state index is 0.341. The first-order valence-corrected chi connectivity index (χ1v) is 7.79. The summed E-state index contributed by atoms with van der Waals surface area (Å²) in [6.07, 6.45) is 0.906. The van der Waals surface area contributed by atoms with Crippen molar-refractivity contribution in [3.8, 4) is 16.3 Å². The van der Waals surface area contributed by atoms with Crippen molar-refractivity contribution in [1.82, 2.24) is 4.98 Å². The van der Waals surface area contributed by atoms with Crippen molar-refractivity contribution in [3.63, 3.8) is 0 Å². The molecule has 1 aromatic carbocycles. The van der Waals surface area contributed by atoms with E-state index in [0.717, 1.165) is 28.4 Å². The van der Waals surface area contributed by atoms with E-state index >= 15 is 0 Å². The number of aryl methyl sites for hydroxylation is 1. The van der Waals surface area contributed by atoms with Gasteiger partial charge in [0.1, 0.15) is 10.8 Å². The molecule has 3 nitrogen and oxygen atoms in total. The zero-order valence-corrected chi connectivity index (χ0v) is 13.4. The molecule has 0 aliphatic rings. The van der Waals surface area contributed by atoms with Crippen LogP contribution in [0, 0.1) is 0 Å². The summed E-state index contributed by atoms with van der Waals surface area (Å²) in [5.41, 5.74) is 8.12. The highest BCUT2D eigenvalue weighted by Gasteiger charge is 2.22. The Kier molecular flexibility index (Phi) is 4.45. The van der Waals surface area contributed by atoms with Gasteiger partial charge in [0.15, 0.2) is 0 Å². The summed E-state index contributed by atoms with van der Waals surface area (Å²) in [4.78, 5) is 5.91. The lowest BCUT2D eigenvalue weighted by Gasteiger charge is -2.17. The lowest BCUT2D eigenvalue weighted by atomic mass is 10.0. The highest BCUT2D eigenvalue weighted by atomic mass is 32.1. The van der Waals surface area contributed by atoms with Gasteiger partial charge in [-0.15, -0.1) is 11.3 Å². The van der Waals surface area contributed by atoms with Crippen LogP contribution in [-0.2, 0) is 12.0 Å². The summed E-state index contributed by atoms with van der Waals surface area (Å²) in [6.45, 7) is 8.84. The van der Waals surface area contributed by atoms with Crippen molar-refractivity contribution in [2.45, 2.75) is 39.7 Å². The van der Waals surface area contributed by atoms with Gasteiger partial charge >= 0.3 is 0 Å². The van der Waals surface area contributed by atoms with Crippen LogP contribution >= 0.6 is 11.3 Å². The number of hydrogen-bond donors (Lipinski definition) is 1. The molecule has 1 aromatic heterocycles. The molecule has 0 fully saturated rings. The predicted molar refractivity (Wildman–Crippen MR) is 85.3 cm³/mol. The fourth-order valence-electron chi connectivity index (χ4n) is 2.08. The van der Waals surface area contributed by atoms with Crippen LogP contribution in [-0.4, -0.2) is 11.6 Å². The largest absolute Gasteiger partial charge is 0.494 e. The molecule has 1 heterocycles. The van der Waals surface area contributed by atoms with Crippen LogP contribution in [0.15, 0.2) is 24.3 Å². The molecule has 0 radical (unpaired) electrons. The predicted octanol–water partition coefficient (Wildman–Crippen LogP) is 3.97. The normalized spacial score (nSPS) is 11.7. The van der Waals surface area contributed by atoms with Crippen LogP contribution in [0.5, 0.6) is 5.75 Å². The number of aromatic nitrogens is 1. The van der Waals surface area contributed by atoms with E-state index in [9.17, 15) is 0 Å². The maximum absolute atomic E-state index is 6.24. The minimum atomic E-state index is -0.341. The first kappa shape index (κ1) is 15.0. The van der Waals surface area contributed by atoms with E-state index in [4.69, 9.17) is 15.5 Å². The molecule has 108 valence electrons. The van der Waals surface area contributed by atoms with Crippen LogP contribution in [0.4, 0.5) is 0 Å². The minimum Gasteiger partial charge on any atom is -0.494 e. The second kappa shape index (κ2) is 5.94. The van der Waals surface area contributed by atoms with Crippen molar-refractivity contribution in [2.24, 2.45) is 5.73 Å². The highest BCUT2D eigenvalue weighted by Crippen LogP contribution is 2.34. The first-order valence-electron chi connectivity index (χ1n) is 6.98. The monoisotopic (exact) mass is 290 g/mol. The Bertz CT molecular complexity index is 567. The van der Waals surface area contributed by atoms with E-state index in [2.05, 4.69) is 19.1 Å². The van der Waals surface area contributed by atoms with Crippen LogP contribution in [0.1, 0.15) is 38.3 Å². The lowest BCUT2D eigenvalue weighted by Crippen LogP contribution is -2.28. The fourth-order valence-corrected chi connectivity index (χ4v) is 3.25. The second-order valence-corrected chi connectivity index (χ2v) is 6.33. The number of rotatable bonds is 5. The molecule has 4 heteroatoms. The van der Waals surface area contributed by atoms with E-state index in [-0.39, 0.29) is 5.54 Å². The number of nitrogens with zero attached hydrogens (tertiary/aromatic N) is 1. The standard InChI is InChI=1S/C16H22N2OS/c1-5-13-14(16(3,4)17)20-15(18-13)11-7-9-12(10-8-11)19-6-2/h7-10H,5-6,17H2,1-4H3. The summed E-state index contributed by atoms with van der Waals surface area (Å²) in [5.74, 6) is 0.892. The van der Waals surface area contributed by atoms with Gasteiger partial charge in [0.2, 0.25) is 0 Å². The molecule has 0 saturated carbocycles. The van der Waals surface area contributed by atoms with E-state index in [1.165, 1.54) is 4.88 Å². The van der Waals surface area contributed by atoms with E-state index < -0.39 is 0 Å². The zero-order valence-electron chi connectivity index (χ0n) is 12.6. The summed E-state index contributed by atoms with van der Waals surface area (Å²) in [7, 11) is 0.